The van der Waals surface area contributed by atoms with Gasteiger partial charge < -0.3 is 19.9 Å². The molecule has 1 aromatic carbocycles. The van der Waals surface area contributed by atoms with Gasteiger partial charge in [0.2, 0.25) is 5.91 Å². The van der Waals surface area contributed by atoms with Crippen LogP contribution in [0.1, 0.15) is 12.5 Å². The molecular weight excluding hydrogens is 330 g/mol. The Kier molecular flexibility index (Phi) is 7.34. The minimum atomic E-state index is -0.302. The third-order valence-corrected chi connectivity index (χ3v) is 4.15. The summed E-state index contributed by atoms with van der Waals surface area (Å²) in [5.74, 6) is 0.0598. The summed E-state index contributed by atoms with van der Waals surface area (Å²) in [5, 5.41) is 3.89. The minimum absolute atomic E-state index is 0.0598. The zero-order valence-corrected chi connectivity index (χ0v) is 14.7. The van der Waals surface area contributed by atoms with Crippen molar-refractivity contribution in [2.24, 2.45) is 0 Å². The van der Waals surface area contributed by atoms with Crippen molar-refractivity contribution in [1.82, 2.24) is 15.1 Å². The molecule has 24 heavy (non-hydrogen) atoms. The van der Waals surface area contributed by atoms with Crippen LogP contribution in [0.3, 0.4) is 0 Å². The quantitative estimate of drug-likeness (QED) is 0.792. The Balaban J connectivity index is 1.64. The second kappa shape index (κ2) is 9.49. The summed E-state index contributed by atoms with van der Waals surface area (Å²) < 4.78 is 4.97. The standard InChI is InChI=1S/C17H24ClN3O3/c1-2-24-17(23)21-10-8-20(9-11-21)16(22)13-19-7-6-14-4-3-5-15(18)12-14/h3-5,12,19H,2,6-11,13H2,1H3. The third-order valence-electron chi connectivity index (χ3n) is 3.91. The van der Waals surface area contributed by atoms with Gasteiger partial charge in [0.05, 0.1) is 13.2 Å². The fraction of sp³-hybridized carbons (Fsp3) is 0.529. The highest BCUT2D eigenvalue weighted by Gasteiger charge is 2.24. The van der Waals surface area contributed by atoms with E-state index in [1.54, 1.807) is 16.7 Å². The first kappa shape index (κ1) is 18.5. The number of carbonyl (C=O) groups excluding carboxylic acids is 2. The molecule has 1 heterocycles. The van der Waals surface area contributed by atoms with Gasteiger partial charge in [-0.05, 0) is 37.6 Å². The van der Waals surface area contributed by atoms with E-state index in [4.69, 9.17) is 16.3 Å². The molecule has 1 fully saturated rings. The smallest absolute Gasteiger partial charge is 0.409 e. The Labute approximate surface area is 147 Å². The van der Waals surface area contributed by atoms with E-state index < -0.39 is 0 Å². The minimum Gasteiger partial charge on any atom is -0.450 e. The van der Waals surface area contributed by atoms with E-state index in [2.05, 4.69) is 5.32 Å². The Morgan fingerprint density at radius 1 is 1.21 bits per heavy atom. The lowest BCUT2D eigenvalue weighted by Gasteiger charge is -2.34. The Bertz CT molecular complexity index is 560. The molecule has 2 rings (SSSR count). The number of carbonyl (C=O) groups is 2. The molecule has 7 heteroatoms. The van der Waals surface area contributed by atoms with Gasteiger partial charge in [-0.3, -0.25) is 4.79 Å². The molecule has 0 aliphatic carbocycles. The van der Waals surface area contributed by atoms with Crippen molar-refractivity contribution in [3.63, 3.8) is 0 Å². The van der Waals surface area contributed by atoms with Crippen LogP contribution in [0.25, 0.3) is 0 Å². The van der Waals surface area contributed by atoms with E-state index >= 15 is 0 Å². The number of hydrogen-bond acceptors (Lipinski definition) is 4. The number of halogens is 1. The molecule has 0 spiro atoms. The predicted octanol–water partition coefficient (Wildman–Crippen LogP) is 1.77. The first-order valence-corrected chi connectivity index (χ1v) is 8.62. The van der Waals surface area contributed by atoms with Gasteiger partial charge in [-0.2, -0.15) is 0 Å². The molecule has 1 aliphatic heterocycles. The number of ether oxygens (including phenoxy) is 1. The highest BCUT2D eigenvalue weighted by atomic mass is 35.5. The van der Waals surface area contributed by atoms with Crippen LogP contribution in [0.5, 0.6) is 0 Å². The second-order valence-corrected chi connectivity index (χ2v) is 6.06. The summed E-state index contributed by atoms with van der Waals surface area (Å²) in [5.41, 5.74) is 1.14. The van der Waals surface area contributed by atoms with Crippen LogP contribution in [0.15, 0.2) is 24.3 Å². The molecule has 132 valence electrons. The molecule has 0 unspecified atom stereocenters. The van der Waals surface area contributed by atoms with Crippen molar-refractivity contribution < 1.29 is 14.3 Å². The molecule has 0 aromatic heterocycles. The van der Waals surface area contributed by atoms with Crippen LogP contribution < -0.4 is 5.32 Å². The van der Waals surface area contributed by atoms with Crippen LogP contribution in [-0.2, 0) is 16.0 Å². The zero-order valence-electron chi connectivity index (χ0n) is 14.0. The van der Waals surface area contributed by atoms with Crippen molar-refractivity contribution in [2.45, 2.75) is 13.3 Å². The molecular formula is C17H24ClN3O3. The van der Waals surface area contributed by atoms with Crippen molar-refractivity contribution in [3.05, 3.63) is 34.9 Å². The first-order valence-electron chi connectivity index (χ1n) is 8.24. The monoisotopic (exact) mass is 353 g/mol. The SMILES string of the molecule is CCOC(=O)N1CCN(C(=O)CNCCc2cccc(Cl)c2)CC1. The highest BCUT2D eigenvalue weighted by Crippen LogP contribution is 2.10. The molecule has 1 N–H and O–H groups in total. The number of hydrogen-bond donors (Lipinski definition) is 1. The van der Waals surface area contributed by atoms with Crippen LogP contribution in [0.4, 0.5) is 4.79 Å². The average Bonchev–Trinajstić information content (AvgIpc) is 2.59. The molecule has 0 radical (unpaired) electrons. The van der Waals surface area contributed by atoms with Crippen molar-refractivity contribution >= 4 is 23.6 Å². The van der Waals surface area contributed by atoms with E-state index in [-0.39, 0.29) is 12.0 Å². The maximum absolute atomic E-state index is 12.2. The van der Waals surface area contributed by atoms with Gasteiger partial charge in [0.1, 0.15) is 0 Å². The van der Waals surface area contributed by atoms with Crippen LogP contribution >= 0.6 is 11.6 Å². The fourth-order valence-corrected chi connectivity index (χ4v) is 2.80. The van der Waals surface area contributed by atoms with Gasteiger partial charge in [0.25, 0.3) is 0 Å². The van der Waals surface area contributed by atoms with Gasteiger partial charge in [-0.1, -0.05) is 23.7 Å². The van der Waals surface area contributed by atoms with Crippen LogP contribution in [0, 0.1) is 0 Å². The Hall–Kier alpha value is -1.79. The third kappa shape index (κ3) is 5.69. The van der Waals surface area contributed by atoms with Crippen molar-refractivity contribution in [1.29, 1.82) is 0 Å². The average molecular weight is 354 g/mol. The van der Waals surface area contributed by atoms with Gasteiger partial charge >= 0.3 is 6.09 Å². The molecule has 2 amide bonds. The van der Waals surface area contributed by atoms with Gasteiger partial charge in [0.15, 0.2) is 0 Å². The first-order chi connectivity index (χ1) is 11.6. The molecule has 0 atom stereocenters. The summed E-state index contributed by atoms with van der Waals surface area (Å²) in [7, 11) is 0. The number of nitrogens with one attached hydrogen (secondary N) is 1. The van der Waals surface area contributed by atoms with Crippen molar-refractivity contribution in [3.8, 4) is 0 Å². The number of nitrogens with zero attached hydrogens (tertiary/aromatic N) is 2. The molecule has 6 nitrogen and oxygen atoms in total. The predicted molar refractivity (Wildman–Crippen MR) is 93.2 cm³/mol. The van der Waals surface area contributed by atoms with E-state index in [0.717, 1.165) is 23.6 Å². The number of rotatable bonds is 6. The van der Waals surface area contributed by atoms with Crippen molar-refractivity contribution in [2.75, 3.05) is 45.9 Å². The maximum atomic E-state index is 12.2. The molecule has 1 saturated heterocycles. The molecule has 1 aromatic rings. The summed E-state index contributed by atoms with van der Waals surface area (Å²) >= 11 is 5.95. The van der Waals surface area contributed by atoms with E-state index in [9.17, 15) is 9.59 Å². The maximum Gasteiger partial charge on any atom is 0.409 e. The van der Waals surface area contributed by atoms with E-state index in [1.165, 1.54) is 0 Å². The number of benzene rings is 1. The van der Waals surface area contributed by atoms with E-state index in [1.807, 2.05) is 24.3 Å². The summed E-state index contributed by atoms with van der Waals surface area (Å²) in [4.78, 5) is 27.2. The normalized spacial score (nSPS) is 14.6. The molecule has 0 bridgehead atoms. The topological polar surface area (TPSA) is 61.9 Å². The number of piperazine rings is 1. The molecule has 0 saturated carbocycles. The fourth-order valence-electron chi connectivity index (χ4n) is 2.59. The summed E-state index contributed by atoms with van der Waals surface area (Å²) in [6.45, 7) is 5.32. The number of amides is 2. The van der Waals surface area contributed by atoms with Gasteiger partial charge in [-0.25, -0.2) is 4.79 Å². The van der Waals surface area contributed by atoms with Gasteiger partial charge in [0, 0.05) is 31.2 Å². The lowest BCUT2D eigenvalue weighted by atomic mass is 10.1. The van der Waals surface area contributed by atoms with Gasteiger partial charge in [-0.15, -0.1) is 0 Å². The molecule has 1 aliphatic rings. The zero-order chi connectivity index (χ0) is 17.4. The van der Waals surface area contributed by atoms with E-state index in [0.29, 0.717) is 39.3 Å². The summed E-state index contributed by atoms with van der Waals surface area (Å²) in [6, 6.07) is 7.72. The highest BCUT2D eigenvalue weighted by molar-refractivity contribution is 6.30. The van der Waals surface area contributed by atoms with Crippen LogP contribution in [-0.4, -0.2) is 67.7 Å². The Morgan fingerprint density at radius 3 is 2.58 bits per heavy atom. The second-order valence-electron chi connectivity index (χ2n) is 5.62. The lowest BCUT2D eigenvalue weighted by Crippen LogP contribution is -2.52. The summed E-state index contributed by atoms with van der Waals surface area (Å²) in [6.07, 6.45) is 0.522. The van der Waals surface area contributed by atoms with Crippen LogP contribution in [0.2, 0.25) is 5.02 Å². The lowest BCUT2D eigenvalue weighted by molar-refractivity contribution is -0.131. The Morgan fingerprint density at radius 2 is 1.92 bits per heavy atom. The largest absolute Gasteiger partial charge is 0.450 e.